The number of unbranched alkanes of at least 4 members (excludes halogenated alkanes) is 63. The maximum atomic E-state index is 15.8. The minimum atomic E-state index is -0.737. The topological polar surface area (TPSA) is 170 Å². The predicted molar refractivity (Wildman–Crippen MR) is 562 cm³/mol. The lowest BCUT2D eigenvalue weighted by molar-refractivity contribution is -0.124. The van der Waals surface area contributed by atoms with Gasteiger partial charge in [0.2, 0.25) is 34.6 Å². The number of allylic oxidation sites excluding steroid dienone is 3. The molecule has 0 heterocycles. The van der Waals surface area contributed by atoms with E-state index in [0.717, 1.165) is 173 Å². The fourth-order valence-electron chi connectivity index (χ4n) is 17.4. The van der Waals surface area contributed by atoms with Gasteiger partial charge in [0.05, 0.1) is 76.2 Å². The second kappa shape index (κ2) is 85.0. The smallest absolute Gasteiger partial charge is 0.203 e. The van der Waals surface area contributed by atoms with Crippen molar-refractivity contribution >= 4 is 34.4 Å². The lowest BCUT2D eigenvalue weighted by Crippen LogP contribution is -2.33. The Kier molecular flexibility index (Phi) is 75.8. The summed E-state index contributed by atoms with van der Waals surface area (Å²) in [6, 6.07) is 11.4. The van der Waals surface area contributed by atoms with Crippen molar-refractivity contribution in [1.82, 2.24) is 0 Å². The molecule has 1 aliphatic carbocycles. The Hall–Kier alpha value is -6.51. The maximum absolute atomic E-state index is 15.8. The van der Waals surface area contributed by atoms with Crippen molar-refractivity contribution in [2.45, 2.75) is 525 Å². The second-order valence-electron chi connectivity index (χ2n) is 38.4. The number of Topliss-reactive ketones (excluding diaryl/α,β-unsaturated/α-hetero) is 3. The summed E-state index contributed by atoms with van der Waals surface area (Å²) in [6.07, 6.45) is 88.4. The summed E-state index contributed by atoms with van der Waals surface area (Å²) < 4.78 is 61.5. The summed E-state index contributed by atoms with van der Waals surface area (Å²) in [5.41, 5.74) is 0.935. The molecule has 0 aromatic heterocycles. The van der Waals surface area contributed by atoms with E-state index in [1.807, 2.05) is 36.4 Å². The zero-order valence-corrected chi connectivity index (χ0v) is 86.9. The molecule has 0 unspecified atom stereocenters. The first kappa shape index (κ1) is 118. The van der Waals surface area contributed by atoms with Crippen LogP contribution in [0.3, 0.4) is 0 Å². The van der Waals surface area contributed by atoms with Crippen LogP contribution in [0.25, 0.3) is 0 Å². The van der Waals surface area contributed by atoms with Crippen molar-refractivity contribution in [3.8, 4) is 51.7 Å². The third-order valence-electron chi connectivity index (χ3n) is 25.9. The lowest BCUT2D eigenvalue weighted by Gasteiger charge is -2.21. The average Bonchev–Trinajstić information content (AvgIpc) is 0.776. The molecule has 756 valence electrons. The molecule has 0 saturated heterocycles. The van der Waals surface area contributed by atoms with Crippen molar-refractivity contribution in [2.75, 3.05) is 75.4 Å². The van der Waals surface area contributed by atoms with Crippen LogP contribution in [-0.4, -0.2) is 76.8 Å². The Morgan fingerprint density at radius 1 is 0.167 bits per heavy atom. The van der Waals surface area contributed by atoms with E-state index < -0.39 is 17.3 Å². The first-order valence-corrected chi connectivity index (χ1v) is 56.4. The highest BCUT2D eigenvalue weighted by Crippen LogP contribution is 2.45. The number of anilines is 3. The van der Waals surface area contributed by atoms with Gasteiger partial charge in [-0.1, -0.05) is 467 Å². The van der Waals surface area contributed by atoms with Gasteiger partial charge in [0.15, 0.2) is 34.5 Å². The second-order valence-corrected chi connectivity index (χ2v) is 38.4. The highest BCUT2D eigenvalue weighted by atomic mass is 16.6. The average molecular weight is 1840 g/mol. The molecule has 132 heavy (non-hydrogen) atoms. The highest BCUT2D eigenvalue weighted by Gasteiger charge is 2.39. The number of benzene rings is 3. The molecule has 0 aliphatic heterocycles. The molecular weight excluding hydrogens is 1640 g/mol. The van der Waals surface area contributed by atoms with Crippen LogP contribution >= 0.6 is 0 Å². The molecular formula is C117H201N3O12. The number of nitrogens with one attached hydrogen (secondary N) is 3. The number of hydrogen-bond acceptors (Lipinski definition) is 15. The van der Waals surface area contributed by atoms with Gasteiger partial charge >= 0.3 is 0 Å². The van der Waals surface area contributed by atoms with E-state index in [2.05, 4.69) is 78.3 Å². The molecule has 1 aliphatic rings. The normalized spacial score (nSPS) is 12.2. The van der Waals surface area contributed by atoms with E-state index in [4.69, 9.17) is 42.6 Å². The van der Waals surface area contributed by atoms with E-state index in [1.165, 1.54) is 308 Å². The zero-order chi connectivity index (χ0) is 94.5. The molecule has 15 heteroatoms. The Balaban J connectivity index is 2.01. The predicted octanol–water partition coefficient (Wildman–Crippen LogP) is 36.4. The maximum Gasteiger partial charge on any atom is 0.203 e. The Morgan fingerprint density at radius 2 is 0.280 bits per heavy atom. The van der Waals surface area contributed by atoms with Gasteiger partial charge in [0.1, 0.15) is 0 Å². The summed E-state index contributed by atoms with van der Waals surface area (Å²) in [7, 11) is 0. The van der Waals surface area contributed by atoms with Gasteiger partial charge in [-0.2, -0.15) is 0 Å². The van der Waals surface area contributed by atoms with Crippen LogP contribution in [0.1, 0.15) is 525 Å². The van der Waals surface area contributed by atoms with Crippen molar-refractivity contribution in [3.63, 3.8) is 0 Å². The molecule has 3 aromatic rings. The van der Waals surface area contributed by atoms with Gasteiger partial charge in [-0.25, -0.2) is 0 Å². The van der Waals surface area contributed by atoms with Crippen LogP contribution in [0.5, 0.6) is 51.7 Å². The standard InChI is InChI=1S/C117H201N3O12/c1-10-19-28-37-46-55-64-73-82-124-106-91-100(92-107(125-83-74-65-56-47-38-29-20-11-2)115(106)130-88-79-70-61-52-43-34-25-16-7)118-97-103-112(121)104(98-119-101-93-108(126-84-75-66-57-48-39-30-21-12-3)116(131-89-80-71-62-53-44-35-26-17-8)109(94-101)127-85-76-67-58-49-40-31-22-13-4)114(123)105(113(103)122)99-120-102-95-110(128-86-77-68-59-50-41-32-23-14-5)117(132-90-81-72-63-54-45-36-27-18-9)111(96-102)129-87-78-69-60-51-42-33-24-15-6/h91-99,118-120H,10-90H2,1-9H3. The first-order valence-electron chi connectivity index (χ1n) is 56.4. The van der Waals surface area contributed by atoms with E-state index >= 15 is 14.4 Å². The molecule has 0 atom stereocenters. The fraction of sp³-hybridized carbons (Fsp3) is 0.769. The molecule has 1 fully saturated rings. The monoisotopic (exact) mass is 1840 g/mol. The molecule has 0 spiro atoms. The van der Waals surface area contributed by atoms with Gasteiger partial charge < -0.3 is 58.6 Å². The summed E-state index contributed by atoms with van der Waals surface area (Å²) in [6.45, 7) is 24.8. The Labute approximate surface area is 810 Å². The third kappa shape index (κ3) is 57.5. The summed E-state index contributed by atoms with van der Waals surface area (Å²) >= 11 is 0. The third-order valence-corrected chi connectivity index (χ3v) is 25.9. The SMILES string of the molecule is CCCCCCCCCCOc1cc(NC=C2C(=O)C(=CNc3cc(OCCCCCCCCCC)c(OCCCCCCCCCC)c(OCCCCCCCCCC)c3)C(=O)C(=CNc3cc(OCCCCCCCCCC)c(OCCCCCCCCCC)c(OCCCCCCCCCC)c3)C2=O)cc(OCCCCCCCCCC)c1OCCCCCCCCCC. The number of carbonyl (C=O) groups excluding carboxylic acids is 3. The number of hydrogen-bond donors (Lipinski definition) is 3. The summed E-state index contributed by atoms with van der Waals surface area (Å²) in [5, 5.41) is 10.3. The molecule has 0 radical (unpaired) electrons. The number of ketones is 3. The van der Waals surface area contributed by atoms with E-state index in [9.17, 15) is 0 Å². The van der Waals surface area contributed by atoms with E-state index in [1.54, 1.807) is 0 Å². The van der Waals surface area contributed by atoms with E-state index in [0.29, 0.717) is 128 Å². The van der Waals surface area contributed by atoms with Gasteiger partial charge in [-0.05, 0) is 57.8 Å². The molecule has 0 amide bonds. The van der Waals surface area contributed by atoms with Gasteiger partial charge in [0, 0.05) is 72.1 Å². The number of ether oxygens (including phenoxy) is 9. The van der Waals surface area contributed by atoms with Crippen LogP contribution < -0.4 is 58.6 Å². The minimum Gasteiger partial charge on any atom is -0.489 e. The van der Waals surface area contributed by atoms with Crippen molar-refractivity contribution in [3.05, 3.63) is 71.7 Å². The molecule has 3 aromatic carbocycles. The van der Waals surface area contributed by atoms with Crippen LogP contribution in [0.2, 0.25) is 0 Å². The number of carbonyl (C=O) groups is 3. The van der Waals surface area contributed by atoms with Crippen molar-refractivity contribution in [2.24, 2.45) is 0 Å². The van der Waals surface area contributed by atoms with Crippen LogP contribution in [-0.2, 0) is 14.4 Å². The van der Waals surface area contributed by atoms with Crippen LogP contribution in [0.4, 0.5) is 17.1 Å². The molecule has 0 bridgehead atoms. The molecule has 15 nitrogen and oxygen atoms in total. The fourth-order valence-corrected chi connectivity index (χ4v) is 17.4. The number of rotatable bonds is 96. The van der Waals surface area contributed by atoms with Gasteiger partial charge in [-0.3, -0.25) is 14.4 Å². The zero-order valence-electron chi connectivity index (χ0n) is 86.9. The molecule has 1 saturated carbocycles. The summed E-state index contributed by atoms with van der Waals surface area (Å²) in [4.78, 5) is 47.4. The van der Waals surface area contributed by atoms with E-state index in [-0.39, 0.29) is 16.7 Å². The van der Waals surface area contributed by atoms with Gasteiger partial charge in [-0.15, -0.1) is 0 Å². The van der Waals surface area contributed by atoms with Gasteiger partial charge in [0.25, 0.3) is 0 Å². The first-order chi connectivity index (χ1) is 65.1. The Morgan fingerprint density at radius 3 is 0.409 bits per heavy atom. The minimum absolute atomic E-state index is 0.226. The highest BCUT2D eigenvalue weighted by molar-refractivity contribution is 6.51. The quantitative estimate of drug-likeness (QED) is 0.0277. The molecule has 3 N–H and O–H groups in total. The van der Waals surface area contributed by atoms with Crippen LogP contribution in [0.15, 0.2) is 71.7 Å². The van der Waals surface area contributed by atoms with Crippen molar-refractivity contribution < 1.29 is 57.0 Å². The summed E-state index contributed by atoms with van der Waals surface area (Å²) in [5.74, 6) is 2.72. The molecule has 4 rings (SSSR count). The van der Waals surface area contributed by atoms with Crippen molar-refractivity contribution in [1.29, 1.82) is 0 Å². The lowest BCUT2D eigenvalue weighted by atomic mass is 9.84. The Bertz CT molecular complexity index is 2880. The van der Waals surface area contributed by atoms with Crippen LogP contribution in [0, 0.1) is 0 Å². The largest absolute Gasteiger partial charge is 0.489 e.